The quantitative estimate of drug-likeness (QED) is 0.550. The summed E-state index contributed by atoms with van der Waals surface area (Å²) in [5.74, 6) is -0.0317. The molecule has 1 amide bonds. The maximum absolute atomic E-state index is 12.4. The summed E-state index contributed by atoms with van der Waals surface area (Å²) < 4.78 is 31.0. The Balaban J connectivity index is 2.79. The topological polar surface area (TPSA) is 142 Å². The van der Waals surface area contributed by atoms with E-state index in [0.717, 1.165) is 11.9 Å². The summed E-state index contributed by atoms with van der Waals surface area (Å²) in [6.45, 7) is 12.2. The molecule has 0 saturated carbocycles. The Labute approximate surface area is 200 Å². The third-order valence-corrected chi connectivity index (χ3v) is 5.82. The molecule has 1 N–H and O–H groups in total. The Kier molecular flexibility index (Phi) is 8.05. The number of methoxy groups -OCH3 is 1. The van der Waals surface area contributed by atoms with Crippen molar-refractivity contribution in [3.05, 3.63) is 23.4 Å². The first-order valence-corrected chi connectivity index (χ1v) is 12.5. The van der Waals surface area contributed by atoms with Crippen molar-refractivity contribution >= 4 is 38.8 Å². The molecule has 34 heavy (non-hydrogen) atoms. The van der Waals surface area contributed by atoms with Crippen LogP contribution < -0.4 is 15.0 Å². The second-order valence-electron chi connectivity index (χ2n) is 8.61. The van der Waals surface area contributed by atoms with Crippen LogP contribution in [0.15, 0.2) is 22.4 Å². The van der Waals surface area contributed by atoms with Gasteiger partial charge in [0.05, 0.1) is 30.4 Å². The Hall–Kier alpha value is -3.46. The van der Waals surface area contributed by atoms with Gasteiger partial charge < -0.3 is 15.0 Å². The minimum atomic E-state index is -3.88. The average molecular weight is 490 g/mol. The van der Waals surface area contributed by atoms with E-state index in [-0.39, 0.29) is 28.7 Å². The van der Waals surface area contributed by atoms with Gasteiger partial charge in [-0.3, -0.25) is 4.79 Å². The lowest BCUT2D eigenvalue weighted by Crippen LogP contribution is -2.22. The van der Waals surface area contributed by atoms with Crippen molar-refractivity contribution in [3.8, 4) is 11.8 Å². The minimum absolute atomic E-state index is 0.00878. The third kappa shape index (κ3) is 5.72. The van der Waals surface area contributed by atoms with Crippen LogP contribution >= 0.6 is 0 Å². The lowest BCUT2D eigenvalue weighted by atomic mass is 9.90. The maximum atomic E-state index is 12.4. The molecule has 12 heteroatoms. The Morgan fingerprint density at radius 1 is 1.26 bits per heavy atom. The van der Waals surface area contributed by atoms with Gasteiger partial charge in [0.15, 0.2) is 0 Å². The SMILES string of the molecule is CCN(CC)c1cc(NC(C)=O)c(N=Nc2c(C#N)c(C(C)(C)C)nn2S(C)(=O)=O)cc1OC. The second-order valence-corrected chi connectivity index (χ2v) is 10.4. The number of carbonyl (C=O) groups is 1. The molecule has 0 bridgehead atoms. The molecule has 0 fully saturated rings. The number of hydrogen-bond donors (Lipinski definition) is 1. The summed E-state index contributed by atoms with van der Waals surface area (Å²) in [6.07, 6.45) is 0.969. The largest absolute Gasteiger partial charge is 0.494 e. The number of nitrogens with zero attached hydrogens (tertiary/aromatic N) is 6. The molecule has 2 rings (SSSR count). The van der Waals surface area contributed by atoms with E-state index in [9.17, 15) is 18.5 Å². The van der Waals surface area contributed by atoms with Crippen molar-refractivity contribution in [3.63, 3.8) is 0 Å². The molecule has 1 aromatic carbocycles. The van der Waals surface area contributed by atoms with Crippen LogP contribution in [0.4, 0.5) is 22.9 Å². The molecule has 184 valence electrons. The zero-order chi connectivity index (χ0) is 25.8. The van der Waals surface area contributed by atoms with Crippen molar-refractivity contribution in [2.45, 2.75) is 47.0 Å². The van der Waals surface area contributed by atoms with E-state index >= 15 is 0 Å². The van der Waals surface area contributed by atoms with Crippen LogP contribution in [0.1, 0.15) is 52.8 Å². The molecule has 0 aliphatic heterocycles. The van der Waals surface area contributed by atoms with Crippen molar-refractivity contribution in [1.82, 2.24) is 9.19 Å². The molecule has 1 aromatic heterocycles. The number of hydrogen-bond acceptors (Lipinski definition) is 9. The first kappa shape index (κ1) is 26.8. The highest BCUT2D eigenvalue weighted by molar-refractivity contribution is 7.89. The number of carbonyl (C=O) groups excluding carboxylic acids is 1. The first-order valence-electron chi connectivity index (χ1n) is 10.7. The number of nitriles is 1. The number of nitrogens with one attached hydrogen (secondary N) is 1. The summed E-state index contributed by atoms with van der Waals surface area (Å²) in [4.78, 5) is 13.9. The summed E-state index contributed by atoms with van der Waals surface area (Å²) >= 11 is 0. The van der Waals surface area contributed by atoms with Gasteiger partial charge in [0.25, 0.3) is 10.0 Å². The molecule has 0 unspecified atom stereocenters. The fourth-order valence-electron chi connectivity index (χ4n) is 3.34. The standard InChI is InChI=1S/C22H31N7O4S/c1-9-28(10-2)18-11-16(24-14(3)30)17(12-19(18)33-7)25-26-21-15(13-23)20(22(4,5)6)27-29(21)34(8,31)32/h11-12H,9-10H2,1-8H3,(H,24,30). The molecule has 1 heterocycles. The van der Waals surface area contributed by atoms with Crippen LogP contribution in [0.2, 0.25) is 0 Å². The number of amides is 1. The highest BCUT2D eigenvalue weighted by atomic mass is 32.2. The van der Waals surface area contributed by atoms with E-state index in [0.29, 0.717) is 28.6 Å². The van der Waals surface area contributed by atoms with Crippen LogP contribution in [-0.4, -0.2) is 50.0 Å². The highest BCUT2D eigenvalue weighted by Crippen LogP contribution is 2.40. The monoisotopic (exact) mass is 489 g/mol. The van der Waals surface area contributed by atoms with Gasteiger partial charge in [0, 0.05) is 31.5 Å². The van der Waals surface area contributed by atoms with Gasteiger partial charge in [-0.05, 0) is 19.9 Å². The van der Waals surface area contributed by atoms with Crippen LogP contribution in [-0.2, 0) is 20.2 Å². The van der Waals surface area contributed by atoms with Crippen molar-refractivity contribution in [2.24, 2.45) is 10.2 Å². The van der Waals surface area contributed by atoms with Gasteiger partial charge >= 0.3 is 0 Å². The number of benzene rings is 1. The molecule has 11 nitrogen and oxygen atoms in total. The minimum Gasteiger partial charge on any atom is -0.494 e. The molecule has 0 spiro atoms. The molecule has 2 aromatic rings. The number of anilines is 2. The van der Waals surface area contributed by atoms with Gasteiger partial charge in [-0.1, -0.05) is 20.8 Å². The van der Waals surface area contributed by atoms with Gasteiger partial charge in [0.1, 0.15) is 23.1 Å². The smallest absolute Gasteiger partial charge is 0.252 e. The first-order chi connectivity index (χ1) is 15.8. The van der Waals surface area contributed by atoms with Gasteiger partial charge in [0.2, 0.25) is 11.7 Å². The lowest BCUT2D eigenvalue weighted by Gasteiger charge is -2.24. The fraction of sp³-hybridized carbons (Fsp3) is 0.500. The van der Waals surface area contributed by atoms with Crippen molar-refractivity contribution in [1.29, 1.82) is 5.26 Å². The summed E-state index contributed by atoms with van der Waals surface area (Å²) in [6, 6.07) is 5.33. The van der Waals surface area contributed by atoms with E-state index in [2.05, 4.69) is 20.6 Å². The Bertz CT molecular complexity index is 1250. The summed E-state index contributed by atoms with van der Waals surface area (Å²) in [5, 5.41) is 25.0. The lowest BCUT2D eigenvalue weighted by molar-refractivity contribution is -0.114. The molecular weight excluding hydrogens is 458 g/mol. The van der Waals surface area contributed by atoms with Gasteiger partial charge in [-0.25, -0.2) is 8.42 Å². The molecule has 0 saturated heterocycles. The third-order valence-electron chi connectivity index (χ3n) is 4.93. The number of azo groups is 1. The Morgan fingerprint density at radius 2 is 1.88 bits per heavy atom. The Morgan fingerprint density at radius 3 is 2.32 bits per heavy atom. The zero-order valence-electron chi connectivity index (χ0n) is 20.8. The second kappa shape index (κ2) is 10.2. The van der Waals surface area contributed by atoms with E-state index in [1.165, 1.54) is 14.0 Å². The number of rotatable bonds is 8. The molecule has 0 radical (unpaired) electrons. The van der Waals surface area contributed by atoms with Crippen LogP contribution in [0, 0.1) is 11.3 Å². The van der Waals surface area contributed by atoms with E-state index in [1.54, 1.807) is 12.1 Å². The van der Waals surface area contributed by atoms with E-state index in [1.807, 2.05) is 45.6 Å². The normalized spacial score (nSPS) is 12.0. The zero-order valence-corrected chi connectivity index (χ0v) is 21.6. The molecule has 0 aliphatic rings. The predicted octanol–water partition coefficient (Wildman–Crippen LogP) is 4.09. The molecular formula is C22H31N7O4S. The highest BCUT2D eigenvalue weighted by Gasteiger charge is 2.30. The van der Waals surface area contributed by atoms with Crippen LogP contribution in [0.25, 0.3) is 0 Å². The maximum Gasteiger partial charge on any atom is 0.252 e. The summed E-state index contributed by atoms with van der Waals surface area (Å²) in [7, 11) is -2.36. The molecule has 0 aliphatic carbocycles. The van der Waals surface area contributed by atoms with Gasteiger partial charge in [-0.2, -0.15) is 10.4 Å². The van der Waals surface area contributed by atoms with Crippen LogP contribution in [0.5, 0.6) is 5.75 Å². The summed E-state index contributed by atoms with van der Waals surface area (Å²) in [5.41, 5.74) is 1.02. The number of ether oxygens (including phenoxy) is 1. The van der Waals surface area contributed by atoms with E-state index < -0.39 is 15.4 Å². The molecule has 0 atom stereocenters. The fourth-order valence-corrected chi connectivity index (χ4v) is 4.02. The average Bonchev–Trinajstić information content (AvgIpc) is 3.13. The van der Waals surface area contributed by atoms with Crippen molar-refractivity contribution < 1.29 is 17.9 Å². The number of aromatic nitrogens is 2. The van der Waals surface area contributed by atoms with Gasteiger partial charge in [-0.15, -0.1) is 14.3 Å². The van der Waals surface area contributed by atoms with Crippen molar-refractivity contribution in [2.75, 3.05) is 36.7 Å². The van der Waals surface area contributed by atoms with E-state index in [4.69, 9.17) is 4.74 Å². The predicted molar refractivity (Wildman–Crippen MR) is 131 cm³/mol. The van der Waals surface area contributed by atoms with Crippen LogP contribution in [0.3, 0.4) is 0 Å².